The number of methoxy groups -OCH3 is 1. The van der Waals surface area contributed by atoms with Crippen molar-refractivity contribution in [3.05, 3.63) is 63.1 Å². The number of hydrogen-bond donors (Lipinski definition) is 0. The molecule has 0 unspecified atom stereocenters. The van der Waals surface area contributed by atoms with E-state index in [4.69, 9.17) is 4.74 Å². The average Bonchev–Trinajstić information content (AvgIpc) is 2.63. The third-order valence-electron chi connectivity index (χ3n) is 4.79. The fraction of sp³-hybridized carbons (Fsp3) is 0.381. The van der Waals surface area contributed by atoms with Crippen molar-refractivity contribution in [1.82, 2.24) is 9.91 Å². The summed E-state index contributed by atoms with van der Waals surface area (Å²) in [6.45, 7) is 9.31. The van der Waals surface area contributed by atoms with Gasteiger partial charge >= 0.3 is 0 Å². The minimum atomic E-state index is 0.838. The fourth-order valence-corrected chi connectivity index (χ4v) is 3.60. The van der Waals surface area contributed by atoms with Crippen molar-refractivity contribution in [2.75, 3.05) is 33.3 Å². The van der Waals surface area contributed by atoms with Crippen LogP contribution in [0.25, 0.3) is 0 Å². The molecule has 0 bridgehead atoms. The fourth-order valence-electron chi connectivity index (χ4n) is 3.22. The molecule has 5 heteroatoms. The van der Waals surface area contributed by atoms with Crippen LogP contribution >= 0.6 is 15.9 Å². The normalized spacial score (nSPS) is 15.6. The summed E-state index contributed by atoms with van der Waals surface area (Å²) in [7, 11) is 1.69. The monoisotopic (exact) mass is 415 g/mol. The minimum Gasteiger partial charge on any atom is -0.496 e. The molecule has 2 aromatic rings. The number of ether oxygens (including phenoxy) is 1. The molecule has 0 radical (unpaired) electrons. The maximum absolute atomic E-state index is 5.40. The van der Waals surface area contributed by atoms with Crippen LogP contribution in [0.5, 0.6) is 5.75 Å². The van der Waals surface area contributed by atoms with Gasteiger partial charge in [0.1, 0.15) is 5.75 Å². The van der Waals surface area contributed by atoms with Gasteiger partial charge in [-0.3, -0.25) is 9.91 Å². The van der Waals surface area contributed by atoms with Crippen LogP contribution in [0, 0.1) is 13.8 Å². The predicted molar refractivity (Wildman–Crippen MR) is 111 cm³/mol. The number of piperazine rings is 1. The molecular weight excluding hydrogens is 390 g/mol. The molecule has 0 spiro atoms. The standard InChI is InChI=1S/C21H26BrN3O/c1-16-4-5-18(17(2)12-16)15-24-8-10-25(11-9-24)23-14-19-13-20(22)6-7-21(19)26-3/h4-7,12-14H,8-11,15H2,1-3H3/b23-14+. The maximum Gasteiger partial charge on any atom is 0.127 e. The summed E-state index contributed by atoms with van der Waals surface area (Å²) >= 11 is 3.50. The van der Waals surface area contributed by atoms with Gasteiger partial charge in [0.15, 0.2) is 0 Å². The lowest BCUT2D eigenvalue weighted by Crippen LogP contribution is -2.43. The molecule has 0 amide bonds. The van der Waals surface area contributed by atoms with E-state index in [0.717, 1.165) is 48.5 Å². The van der Waals surface area contributed by atoms with Crippen LogP contribution in [0.15, 0.2) is 46.0 Å². The first kappa shape index (κ1) is 18.9. The molecule has 2 aromatic carbocycles. The molecule has 0 aromatic heterocycles. The van der Waals surface area contributed by atoms with Gasteiger partial charge in [-0.05, 0) is 43.2 Å². The van der Waals surface area contributed by atoms with E-state index < -0.39 is 0 Å². The molecule has 0 aliphatic carbocycles. The lowest BCUT2D eigenvalue weighted by molar-refractivity contribution is 0.131. The van der Waals surface area contributed by atoms with Crippen LogP contribution in [-0.4, -0.2) is 49.4 Å². The maximum atomic E-state index is 5.40. The topological polar surface area (TPSA) is 28.1 Å². The Hall–Kier alpha value is -1.85. The zero-order chi connectivity index (χ0) is 18.5. The Morgan fingerprint density at radius 3 is 2.54 bits per heavy atom. The van der Waals surface area contributed by atoms with E-state index in [2.05, 4.69) is 63.0 Å². The summed E-state index contributed by atoms with van der Waals surface area (Å²) in [5.74, 6) is 0.838. The summed E-state index contributed by atoms with van der Waals surface area (Å²) < 4.78 is 6.43. The zero-order valence-electron chi connectivity index (χ0n) is 15.7. The summed E-state index contributed by atoms with van der Waals surface area (Å²) in [6.07, 6.45) is 1.89. The van der Waals surface area contributed by atoms with Crippen molar-refractivity contribution in [3.63, 3.8) is 0 Å². The second-order valence-corrected chi connectivity index (χ2v) is 7.71. The van der Waals surface area contributed by atoms with Crippen molar-refractivity contribution >= 4 is 22.1 Å². The Labute approximate surface area is 164 Å². The highest BCUT2D eigenvalue weighted by Gasteiger charge is 2.16. The third-order valence-corrected chi connectivity index (χ3v) is 5.29. The molecular formula is C21H26BrN3O. The second kappa shape index (κ2) is 8.69. The van der Waals surface area contributed by atoms with Gasteiger partial charge in [0.05, 0.1) is 13.3 Å². The van der Waals surface area contributed by atoms with Crippen molar-refractivity contribution < 1.29 is 4.74 Å². The van der Waals surface area contributed by atoms with Crippen LogP contribution < -0.4 is 4.74 Å². The molecule has 4 nitrogen and oxygen atoms in total. The number of halogens is 1. The van der Waals surface area contributed by atoms with E-state index in [0.29, 0.717) is 0 Å². The Morgan fingerprint density at radius 1 is 1.08 bits per heavy atom. The lowest BCUT2D eigenvalue weighted by atomic mass is 10.1. The summed E-state index contributed by atoms with van der Waals surface area (Å²) in [5.41, 5.74) is 5.12. The molecule has 3 rings (SSSR count). The van der Waals surface area contributed by atoms with Crippen LogP contribution in [0.1, 0.15) is 22.3 Å². The smallest absolute Gasteiger partial charge is 0.127 e. The highest BCUT2D eigenvalue weighted by molar-refractivity contribution is 9.10. The average molecular weight is 416 g/mol. The Morgan fingerprint density at radius 2 is 1.85 bits per heavy atom. The summed E-state index contributed by atoms with van der Waals surface area (Å²) in [5, 5.41) is 6.79. The van der Waals surface area contributed by atoms with Crippen LogP contribution in [-0.2, 0) is 6.54 Å². The van der Waals surface area contributed by atoms with E-state index in [1.165, 1.54) is 16.7 Å². The van der Waals surface area contributed by atoms with Crippen molar-refractivity contribution in [1.29, 1.82) is 0 Å². The highest BCUT2D eigenvalue weighted by atomic mass is 79.9. The number of aryl methyl sites for hydroxylation is 2. The third kappa shape index (κ3) is 4.86. The number of hydrazone groups is 1. The number of rotatable bonds is 5. The first-order chi connectivity index (χ1) is 12.5. The quantitative estimate of drug-likeness (QED) is 0.683. The molecule has 1 aliphatic heterocycles. The van der Waals surface area contributed by atoms with Gasteiger partial charge in [0.2, 0.25) is 0 Å². The second-order valence-electron chi connectivity index (χ2n) is 6.79. The summed E-state index contributed by atoms with van der Waals surface area (Å²) in [4.78, 5) is 2.50. The molecule has 0 N–H and O–H groups in total. The van der Waals surface area contributed by atoms with Gasteiger partial charge in [0, 0.05) is 42.8 Å². The van der Waals surface area contributed by atoms with Gasteiger partial charge in [-0.15, -0.1) is 0 Å². The van der Waals surface area contributed by atoms with Crippen molar-refractivity contribution in [2.24, 2.45) is 5.10 Å². The molecule has 0 atom stereocenters. The Bertz CT molecular complexity index is 783. The first-order valence-corrected chi connectivity index (χ1v) is 9.75. The van der Waals surface area contributed by atoms with Crippen molar-refractivity contribution in [3.8, 4) is 5.75 Å². The Balaban J connectivity index is 1.56. The molecule has 1 fully saturated rings. The lowest BCUT2D eigenvalue weighted by Gasteiger charge is -2.33. The highest BCUT2D eigenvalue weighted by Crippen LogP contribution is 2.21. The largest absolute Gasteiger partial charge is 0.496 e. The number of hydrogen-bond acceptors (Lipinski definition) is 4. The van der Waals surface area contributed by atoms with Crippen LogP contribution in [0.2, 0.25) is 0 Å². The number of nitrogens with zero attached hydrogens (tertiary/aromatic N) is 3. The van der Waals surface area contributed by atoms with Gasteiger partial charge in [-0.25, -0.2) is 0 Å². The zero-order valence-corrected chi connectivity index (χ0v) is 17.3. The minimum absolute atomic E-state index is 0.838. The molecule has 0 saturated carbocycles. The molecule has 1 aliphatic rings. The molecule has 138 valence electrons. The summed E-state index contributed by atoms with van der Waals surface area (Å²) in [6, 6.07) is 12.7. The molecule has 1 saturated heterocycles. The first-order valence-electron chi connectivity index (χ1n) is 8.96. The van der Waals surface area contributed by atoms with Gasteiger partial charge in [-0.2, -0.15) is 5.10 Å². The Kier molecular flexibility index (Phi) is 6.33. The molecule has 26 heavy (non-hydrogen) atoms. The van der Waals surface area contributed by atoms with Crippen molar-refractivity contribution in [2.45, 2.75) is 20.4 Å². The van der Waals surface area contributed by atoms with Gasteiger partial charge in [0.25, 0.3) is 0 Å². The van der Waals surface area contributed by atoms with E-state index >= 15 is 0 Å². The molecule has 1 heterocycles. The van der Waals surface area contributed by atoms with Crippen LogP contribution in [0.4, 0.5) is 0 Å². The van der Waals surface area contributed by atoms with Gasteiger partial charge in [-0.1, -0.05) is 39.7 Å². The van der Waals surface area contributed by atoms with E-state index in [9.17, 15) is 0 Å². The van der Waals surface area contributed by atoms with E-state index in [1.807, 2.05) is 24.4 Å². The predicted octanol–water partition coefficient (Wildman–Crippen LogP) is 4.23. The number of benzene rings is 2. The van der Waals surface area contributed by atoms with Gasteiger partial charge < -0.3 is 4.74 Å². The van der Waals surface area contributed by atoms with E-state index in [-0.39, 0.29) is 0 Å². The SMILES string of the molecule is COc1ccc(Br)cc1/C=N/N1CCN(Cc2ccc(C)cc2C)CC1. The van der Waals surface area contributed by atoms with E-state index in [1.54, 1.807) is 7.11 Å². The van der Waals surface area contributed by atoms with Crippen LogP contribution in [0.3, 0.4) is 0 Å².